The van der Waals surface area contributed by atoms with E-state index in [0.717, 1.165) is 16.4 Å². The predicted octanol–water partition coefficient (Wildman–Crippen LogP) is 3.20. The SMILES string of the molecule is CNC(=O)[C@H](C)N(Cc1cccc(OC)c1)C(=O)CN(c1ccc(F)cc1)S(=O)(=O)c1ccc(OC)cc1. The fourth-order valence-corrected chi connectivity index (χ4v) is 5.18. The number of anilines is 1. The van der Waals surface area contributed by atoms with E-state index in [2.05, 4.69) is 5.32 Å². The van der Waals surface area contributed by atoms with Crippen molar-refractivity contribution < 1.29 is 31.9 Å². The minimum atomic E-state index is -4.27. The molecule has 1 atom stereocenters. The van der Waals surface area contributed by atoms with Crippen LogP contribution < -0.4 is 19.1 Å². The van der Waals surface area contributed by atoms with Gasteiger partial charge in [0, 0.05) is 13.6 Å². The van der Waals surface area contributed by atoms with Gasteiger partial charge in [-0.25, -0.2) is 12.8 Å². The molecule has 202 valence electrons. The minimum absolute atomic E-state index is 0.0183. The molecule has 11 heteroatoms. The van der Waals surface area contributed by atoms with Gasteiger partial charge in [0.05, 0.1) is 24.8 Å². The predicted molar refractivity (Wildman–Crippen MR) is 141 cm³/mol. The molecular formula is C27H30FN3O6S. The molecule has 0 heterocycles. The zero-order valence-electron chi connectivity index (χ0n) is 21.5. The van der Waals surface area contributed by atoms with E-state index in [-0.39, 0.29) is 17.1 Å². The number of carbonyl (C=O) groups excluding carboxylic acids is 2. The lowest BCUT2D eigenvalue weighted by molar-refractivity contribution is -0.139. The van der Waals surface area contributed by atoms with Gasteiger partial charge in [0.2, 0.25) is 11.8 Å². The number of rotatable bonds is 11. The molecule has 0 saturated heterocycles. The lowest BCUT2D eigenvalue weighted by Gasteiger charge is -2.31. The average molecular weight is 544 g/mol. The van der Waals surface area contributed by atoms with Crippen LogP contribution in [0.5, 0.6) is 11.5 Å². The Labute approximate surface area is 221 Å². The summed E-state index contributed by atoms with van der Waals surface area (Å²) < 4.78 is 52.3. The summed E-state index contributed by atoms with van der Waals surface area (Å²) in [5.74, 6) is -0.595. The molecule has 0 aliphatic heterocycles. The fourth-order valence-electron chi connectivity index (χ4n) is 3.77. The molecule has 3 aromatic carbocycles. The van der Waals surface area contributed by atoms with Gasteiger partial charge in [-0.05, 0) is 73.2 Å². The quantitative estimate of drug-likeness (QED) is 0.398. The van der Waals surface area contributed by atoms with Crippen LogP contribution in [0.3, 0.4) is 0 Å². The van der Waals surface area contributed by atoms with Crippen molar-refractivity contribution in [2.24, 2.45) is 0 Å². The molecule has 0 radical (unpaired) electrons. The molecule has 0 aliphatic carbocycles. The maximum atomic E-state index is 13.7. The smallest absolute Gasteiger partial charge is 0.264 e. The van der Waals surface area contributed by atoms with Crippen LogP contribution in [0.25, 0.3) is 0 Å². The molecule has 0 aliphatic rings. The van der Waals surface area contributed by atoms with Crippen molar-refractivity contribution in [1.82, 2.24) is 10.2 Å². The summed E-state index contributed by atoms with van der Waals surface area (Å²) in [6.45, 7) is 0.937. The third kappa shape index (κ3) is 6.60. The molecular weight excluding hydrogens is 513 g/mol. The van der Waals surface area contributed by atoms with E-state index < -0.39 is 40.2 Å². The number of halogens is 1. The van der Waals surface area contributed by atoms with Crippen LogP contribution in [0.1, 0.15) is 12.5 Å². The van der Waals surface area contributed by atoms with Crippen molar-refractivity contribution in [1.29, 1.82) is 0 Å². The van der Waals surface area contributed by atoms with E-state index in [9.17, 15) is 22.4 Å². The number of carbonyl (C=O) groups is 2. The molecule has 0 unspecified atom stereocenters. The normalized spacial score (nSPS) is 11.8. The van der Waals surface area contributed by atoms with E-state index in [1.165, 1.54) is 62.6 Å². The third-order valence-corrected chi connectivity index (χ3v) is 7.73. The summed E-state index contributed by atoms with van der Waals surface area (Å²) in [4.78, 5) is 27.4. The number of nitrogens with one attached hydrogen (secondary N) is 1. The Balaban J connectivity index is 2.02. The number of hydrogen-bond donors (Lipinski definition) is 1. The summed E-state index contributed by atoms with van der Waals surface area (Å²) in [5.41, 5.74) is 0.768. The molecule has 0 aromatic heterocycles. The van der Waals surface area contributed by atoms with E-state index in [0.29, 0.717) is 17.1 Å². The van der Waals surface area contributed by atoms with Gasteiger partial charge < -0.3 is 19.7 Å². The van der Waals surface area contributed by atoms with Crippen LogP contribution >= 0.6 is 0 Å². The summed E-state index contributed by atoms with van der Waals surface area (Å²) >= 11 is 0. The first-order valence-corrected chi connectivity index (χ1v) is 13.1. The zero-order chi connectivity index (χ0) is 27.9. The lowest BCUT2D eigenvalue weighted by Crippen LogP contribution is -2.50. The Morgan fingerprint density at radius 1 is 0.947 bits per heavy atom. The highest BCUT2D eigenvalue weighted by Crippen LogP contribution is 2.26. The molecule has 9 nitrogen and oxygen atoms in total. The molecule has 2 amide bonds. The van der Waals surface area contributed by atoms with E-state index in [1.807, 2.05) is 0 Å². The first-order valence-electron chi connectivity index (χ1n) is 11.7. The third-order valence-electron chi connectivity index (χ3n) is 5.94. The van der Waals surface area contributed by atoms with Crippen LogP contribution in [0.4, 0.5) is 10.1 Å². The zero-order valence-corrected chi connectivity index (χ0v) is 22.4. The number of hydrogen-bond acceptors (Lipinski definition) is 6. The Bertz CT molecular complexity index is 1360. The van der Waals surface area contributed by atoms with Gasteiger partial charge in [0.15, 0.2) is 0 Å². The topological polar surface area (TPSA) is 105 Å². The van der Waals surface area contributed by atoms with Gasteiger partial charge in [0.1, 0.15) is 29.9 Å². The van der Waals surface area contributed by atoms with Crippen molar-refractivity contribution in [3.63, 3.8) is 0 Å². The summed E-state index contributed by atoms with van der Waals surface area (Å²) in [5, 5.41) is 2.52. The standard InChI is InChI=1S/C27H30FN3O6S/c1-19(27(33)29-2)30(17-20-6-5-7-24(16-20)37-4)26(32)18-31(22-10-8-21(28)9-11-22)38(34,35)25-14-12-23(36-3)13-15-25/h5-16,19H,17-18H2,1-4H3,(H,29,33)/t19-/m0/s1. The molecule has 1 N–H and O–H groups in total. The van der Waals surface area contributed by atoms with E-state index in [1.54, 1.807) is 31.2 Å². The summed E-state index contributed by atoms with van der Waals surface area (Å²) in [7, 11) is 0.152. The summed E-state index contributed by atoms with van der Waals surface area (Å²) in [6, 6.07) is 16.5. The second-order valence-electron chi connectivity index (χ2n) is 8.33. The van der Waals surface area contributed by atoms with Gasteiger partial charge in [0.25, 0.3) is 10.0 Å². The Kier molecular flexibility index (Phi) is 9.30. The highest BCUT2D eigenvalue weighted by molar-refractivity contribution is 7.92. The Hall–Kier alpha value is -4.12. The molecule has 0 fully saturated rings. The second kappa shape index (κ2) is 12.4. The van der Waals surface area contributed by atoms with E-state index in [4.69, 9.17) is 9.47 Å². The fraction of sp³-hybridized carbons (Fsp3) is 0.259. The Morgan fingerprint density at radius 3 is 2.16 bits per heavy atom. The molecule has 0 saturated carbocycles. The molecule has 38 heavy (non-hydrogen) atoms. The van der Waals surface area contributed by atoms with Crippen molar-refractivity contribution in [2.45, 2.75) is 24.4 Å². The minimum Gasteiger partial charge on any atom is -0.497 e. The number of likely N-dealkylation sites (N-methyl/N-ethyl adjacent to an activating group) is 1. The van der Waals surface area contributed by atoms with Crippen molar-refractivity contribution in [3.8, 4) is 11.5 Å². The van der Waals surface area contributed by atoms with Crippen LogP contribution in [0.2, 0.25) is 0 Å². The monoisotopic (exact) mass is 543 g/mol. The van der Waals surface area contributed by atoms with Crippen LogP contribution in [-0.4, -0.2) is 59.0 Å². The number of ether oxygens (including phenoxy) is 2. The first-order chi connectivity index (χ1) is 18.1. The lowest BCUT2D eigenvalue weighted by atomic mass is 10.1. The molecule has 3 rings (SSSR count). The van der Waals surface area contributed by atoms with Crippen LogP contribution in [0.15, 0.2) is 77.7 Å². The number of nitrogens with zero attached hydrogens (tertiary/aromatic N) is 2. The van der Waals surface area contributed by atoms with Gasteiger partial charge in [-0.3, -0.25) is 13.9 Å². The van der Waals surface area contributed by atoms with Crippen LogP contribution in [0, 0.1) is 5.82 Å². The number of methoxy groups -OCH3 is 2. The van der Waals surface area contributed by atoms with Gasteiger partial charge in [-0.15, -0.1) is 0 Å². The second-order valence-corrected chi connectivity index (χ2v) is 10.2. The summed E-state index contributed by atoms with van der Waals surface area (Å²) in [6.07, 6.45) is 0. The highest BCUT2D eigenvalue weighted by atomic mass is 32.2. The number of benzene rings is 3. The number of sulfonamides is 1. The molecule has 3 aromatic rings. The molecule has 0 bridgehead atoms. The van der Waals surface area contributed by atoms with Crippen LogP contribution in [-0.2, 0) is 26.2 Å². The highest BCUT2D eigenvalue weighted by Gasteiger charge is 2.32. The van der Waals surface area contributed by atoms with E-state index >= 15 is 0 Å². The van der Waals surface area contributed by atoms with Gasteiger partial charge in [-0.2, -0.15) is 0 Å². The molecule has 0 spiro atoms. The van der Waals surface area contributed by atoms with Gasteiger partial charge >= 0.3 is 0 Å². The van der Waals surface area contributed by atoms with Crippen molar-refractivity contribution >= 4 is 27.5 Å². The number of amides is 2. The van der Waals surface area contributed by atoms with Crippen molar-refractivity contribution in [3.05, 3.63) is 84.2 Å². The van der Waals surface area contributed by atoms with Crippen molar-refractivity contribution in [2.75, 3.05) is 32.1 Å². The maximum absolute atomic E-state index is 13.7. The first kappa shape index (κ1) is 28.5. The average Bonchev–Trinajstić information content (AvgIpc) is 2.94. The maximum Gasteiger partial charge on any atom is 0.264 e. The largest absolute Gasteiger partial charge is 0.497 e. The Morgan fingerprint density at radius 2 is 1.58 bits per heavy atom. The van der Waals surface area contributed by atoms with Gasteiger partial charge in [-0.1, -0.05) is 12.1 Å².